The lowest BCUT2D eigenvalue weighted by Crippen LogP contribution is -2.40. The molecule has 5 heteroatoms. The second kappa shape index (κ2) is 4.93. The number of hydrogen-bond donors (Lipinski definition) is 0. The maximum absolute atomic E-state index is 13.0. The van der Waals surface area contributed by atoms with Gasteiger partial charge in [-0.3, -0.25) is 9.59 Å². The molecule has 1 spiro atoms. The summed E-state index contributed by atoms with van der Waals surface area (Å²) in [7, 11) is 0. The summed E-state index contributed by atoms with van der Waals surface area (Å²) in [6.45, 7) is 4.52. The Bertz CT molecular complexity index is 713. The zero-order valence-corrected chi connectivity index (χ0v) is 13.2. The van der Waals surface area contributed by atoms with Gasteiger partial charge in [-0.1, -0.05) is 24.3 Å². The Morgan fingerprint density at radius 2 is 2.30 bits per heavy atom. The molecule has 2 saturated heterocycles. The largest absolute Gasteiger partial charge is 0.466 e. The number of esters is 1. The van der Waals surface area contributed by atoms with Gasteiger partial charge in [-0.15, -0.1) is 0 Å². The second-order valence-electron chi connectivity index (χ2n) is 6.42. The van der Waals surface area contributed by atoms with Crippen LogP contribution in [0.25, 0.3) is 0 Å². The normalized spacial score (nSPS) is 34.1. The number of carbonyl (C=O) groups is 2. The van der Waals surface area contributed by atoms with E-state index < -0.39 is 17.4 Å². The van der Waals surface area contributed by atoms with Gasteiger partial charge in [0, 0.05) is 5.69 Å². The molecule has 4 rings (SSSR count). The van der Waals surface area contributed by atoms with Gasteiger partial charge >= 0.3 is 5.97 Å². The van der Waals surface area contributed by atoms with Crippen molar-refractivity contribution in [1.82, 2.24) is 0 Å². The lowest BCUT2D eigenvalue weighted by Gasteiger charge is -2.22. The van der Waals surface area contributed by atoms with Gasteiger partial charge in [-0.25, -0.2) is 0 Å². The van der Waals surface area contributed by atoms with Crippen LogP contribution in [-0.4, -0.2) is 36.7 Å². The number of fused-ring (bicyclic) bond motifs is 1. The molecular weight excluding hydrogens is 294 g/mol. The molecule has 0 aromatic heterocycles. The molecule has 0 N–H and O–H groups in total. The molecule has 1 aromatic rings. The molecule has 1 aromatic carbocycles. The quantitative estimate of drug-likeness (QED) is 0.631. The Labute approximate surface area is 134 Å². The molecule has 0 saturated carbocycles. The number of rotatable bonds is 3. The van der Waals surface area contributed by atoms with Crippen LogP contribution < -0.4 is 4.90 Å². The molecule has 23 heavy (non-hydrogen) atoms. The van der Waals surface area contributed by atoms with Crippen molar-refractivity contribution in [2.75, 3.05) is 18.1 Å². The van der Waals surface area contributed by atoms with E-state index in [0.29, 0.717) is 13.2 Å². The Morgan fingerprint density at radius 3 is 3.04 bits per heavy atom. The molecule has 3 aliphatic heterocycles. The summed E-state index contributed by atoms with van der Waals surface area (Å²) in [6.07, 6.45) is 3.50. The maximum Gasteiger partial charge on any atom is 0.312 e. The number of carbonyl (C=O) groups excluding carboxylic acids is 2. The first-order valence-corrected chi connectivity index (χ1v) is 7.97. The molecule has 0 radical (unpaired) electrons. The van der Waals surface area contributed by atoms with Crippen molar-refractivity contribution in [3.05, 3.63) is 42.0 Å². The van der Waals surface area contributed by atoms with Crippen LogP contribution in [0.1, 0.15) is 12.5 Å². The summed E-state index contributed by atoms with van der Waals surface area (Å²) in [5, 5.41) is 0. The fraction of sp³-hybridized carbons (Fsp3) is 0.444. The van der Waals surface area contributed by atoms with Gasteiger partial charge < -0.3 is 14.4 Å². The van der Waals surface area contributed by atoms with E-state index in [9.17, 15) is 9.59 Å². The average Bonchev–Trinajstić information content (AvgIpc) is 3.16. The third-order valence-corrected chi connectivity index (χ3v) is 4.97. The monoisotopic (exact) mass is 313 g/mol. The zero-order valence-electron chi connectivity index (χ0n) is 13.2. The van der Waals surface area contributed by atoms with E-state index in [1.165, 1.54) is 0 Å². The minimum Gasteiger partial charge on any atom is -0.466 e. The summed E-state index contributed by atoms with van der Waals surface area (Å²) in [5.74, 6) is -1.42. The lowest BCUT2D eigenvalue weighted by molar-refractivity contribution is -0.151. The van der Waals surface area contributed by atoms with Crippen LogP contribution in [0, 0.1) is 18.8 Å². The Morgan fingerprint density at radius 1 is 1.48 bits per heavy atom. The van der Waals surface area contributed by atoms with Gasteiger partial charge in [0.15, 0.2) is 0 Å². The van der Waals surface area contributed by atoms with Crippen molar-refractivity contribution in [2.24, 2.45) is 11.8 Å². The van der Waals surface area contributed by atoms with Crippen molar-refractivity contribution in [2.45, 2.75) is 25.6 Å². The zero-order chi connectivity index (χ0) is 16.2. The minimum absolute atomic E-state index is 0.0551. The fourth-order valence-electron chi connectivity index (χ4n) is 4.02. The first kappa shape index (κ1) is 14.5. The molecule has 3 heterocycles. The summed E-state index contributed by atoms with van der Waals surface area (Å²) < 4.78 is 11.2. The molecule has 4 atom stereocenters. The van der Waals surface area contributed by atoms with Crippen LogP contribution in [0.15, 0.2) is 36.4 Å². The molecule has 0 unspecified atom stereocenters. The molecular formula is C18H19NO4. The average molecular weight is 313 g/mol. The predicted octanol–water partition coefficient (Wildman–Crippen LogP) is 1.84. The van der Waals surface area contributed by atoms with Crippen molar-refractivity contribution in [1.29, 1.82) is 0 Å². The summed E-state index contributed by atoms with van der Waals surface area (Å²) in [5.41, 5.74) is 1.25. The number of nitrogens with zero attached hydrogens (tertiary/aromatic N) is 1. The molecule has 120 valence electrons. The highest BCUT2D eigenvalue weighted by Gasteiger charge is 2.67. The highest BCUT2D eigenvalue weighted by molar-refractivity contribution is 6.02. The van der Waals surface area contributed by atoms with Crippen LogP contribution in [0.3, 0.4) is 0 Å². The predicted molar refractivity (Wildman–Crippen MR) is 83.9 cm³/mol. The smallest absolute Gasteiger partial charge is 0.312 e. The van der Waals surface area contributed by atoms with Gasteiger partial charge in [0.05, 0.1) is 25.2 Å². The van der Waals surface area contributed by atoms with E-state index in [0.717, 1.165) is 11.3 Å². The van der Waals surface area contributed by atoms with Gasteiger partial charge in [0.2, 0.25) is 5.91 Å². The van der Waals surface area contributed by atoms with Crippen LogP contribution >= 0.6 is 0 Å². The topological polar surface area (TPSA) is 55.8 Å². The van der Waals surface area contributed by atoms with E-state index in [1.54, 1.807) is 11.8 Å². The van der Waals surface area contributed by atoms with Crippen molar-refractivity contribution in [3.8, 4) is 0 Å². The highest BCUT2D eigenvalue weighted by atomic mass is 16.6. The number of aryl methyl sites for hydroxylation is 1. The standard InChI is InChI=1S/C18H19NO4/c1-3-22-17(21)14-13-7-8-18(23-13)10-19(16(20)15(14)18)12-6-4-5-11(2)9-12/h4-9,13-15H,3,10H2,1-2H3/t13-,14+,15+,18-/m0/s1. The summed E-state index contributed by atoms with van der Waals surface area (Å²) in [6, 6.07) is 7.82. The second-order valence-corrected chi connectivity index (χ2v) is 6.42. The Balaban J connectivity index is 1.70. The van der Waals surface area contributed by atoms with E-state index in [2.05, 4.69) is 0 Å². The highest BCUT2D eigenvalue weighted by Crippen LogP contribution is 2.52. The number of hydrogen-bond acceptors (Lipinski definition) is 4. The summed E-state index contributed by atoms with van der Waals surface area (Å²) in [4.78, 5) is 27.0. The fourth-order valence-corrected chi connectivity index (χ4v) is 4.02. The van der Waals surface area contributed by atoms with Crippen molar-refractivity contribution >= 4 is 17.6 Å². The molecule has 2 fully saturated rings. The van der Waals surface area contributed by atoms with Gasteiger partial charge in [0.25, 0.3) is 0 Å². The SMILES string of the molecule is CCOC(=O)[C@@H]1[C@@H]2C=C[C@@]3(CN(c4cccc(C)c4)C(=O)[C@@H]13)O2. The van der Waals surface area contributed by atoms with E-state index in [1.807, 2.05) is 43.3 Å². The third kappa shape index (κ3) is 1.96. The first-order chi connectivity index (χ1) is 11.1. The first-order valence-electron chi connectivity index (χ1n) is 7.97. The van der Waals surface area contributed by atoms with Crippen LogP contribution in [-0.2, 0) is 19.1 Å². The summed E-state index contributed by atoms with van der Waals surface area (Å²) >= 11 is 0. The van der Waals surface area contributed by atoms with Crippen LogP contribution in [0.4, 0.5) is 5.69 Å². The number of ether oxygens (including phenoxy) is 2. The third-order valence-electron chi connectivity index (χ3n) is 4.97. The lowest BCUT2D eigenvalue weighted by atomic mass is 9.77. The van der Waals surface area contributed by atoms with E-state index in [4.69, 9.17) is 9.47 Å². The van der Waals surface area contributed by atoms with Gasteiger partial charge in [-0.2, -0.15) is 0 Å². The molecule has 1 amide bonds. The van der Waals surface area contributed by atoms with Gasteiger partial charge in [0.1, 0.15) is 11.5 Å². The van der Waals surface area contributed by atoms with Crippen molar-refractivity contribution < 1.29 is 19.1 Å². The van der Waals surface area contributed by atoms with E-state index in [-0.39, 0.29) is 18.0 Å². The number of benzene rings is 1. The van der Waals surface area contributed by atoms with Crippen molar-refractivity contribution in [3.63, 3.8) is 0 Å². The number of amides is 1. The maximum atomic E-state index is 13.0. The van der Waals surface area contributed by atoms with Gasteiger partial charge in [-0.05, 0) is 31.5 Å². The number of anilines is 1. The van der Waals surface area contributed by atoms with Crippen LogP contribution in [0.2, 0.25) is 0 Å². The Hall–Kier alpha value is -2.14. The molecule has 5 nitrogen and oxygen atoms in total. The van der Waals surface area contributed by atoms with E-state index >= 15 is 0 Å². The Kier molecular flexibility index (Phi) is 3.10. The minimum atomic E-state index is -0.692. The van der Waals surface area contributed by atoms with Crippen LogP contribution in [0.5, 0.6) is 0 Å². The molecule has 2 bridgehead atoms. The molecule has 3 aliphatic rings. The molecule has 0 aliphatic carbocycles.